The topological polar surface area (TPSA) is 11.4 Å². The number of anilines is 6. The van der Waals surface area contributed by atoms with Crippen LogP contribution in [0.2, 0.25) is 0 Å². The van der Waals surface area contributed by atoms with Gasteiger partial charge >= 0.3 is 0 Å². The number of aromatic nitrogens is 1. The fourth-order valence-corrected chi connectivity index (χ4v) is 8.74. The first kappa shape index (κ1) is 34.4. The van der Waals surface area contributed by atoms with Crippen molar-refractivity contribution in [1.82, 2.24) is 4.57 Å². The molecule has 0 saturated heterocycles. The maximum absolute atomic E-state index is 2.45. The molecule has 1 heterocycles. The highest BCUT2D eigenvalue weighted by atomic mass is 15.2. The quantitative estimate of drug-likeness (QED) is 0.153. The monoisotopic (exact) mass is 753 g/mol. The second kappa shape index (κ2) is 14.6. The highest BCUT2D eigenvalue weighted by Crippen LogP contribution is 2.48. The van der Waals surface area contributed by atoms with Crippen molar-refractivity contribution in [2.45, 2.75) is 0 Å². The summed E-state index contributed by atoms with van der Waals surface area (Å²) in [4.78, 5) is 4.80. The first-order valence-corrected chi connectivity index (χ1v) is 20.2. The Morgan fingerprint density at radius 1 is 0.288 bits per heavy atom. The Balaban J connectivity index is 1.20. The van der Waals surface area contributed by atoms with Crippen LogP contribution in [0.1, 0.15) is 0 Å². The molecule has 59 heavy (non-hydrogen) atoms. The van der Waals surface area contributed by atoms with Gasteiger partial charge in [0.25, 0.3) is 0 Å². The first-order chi connectivity index (χ1) is 29.3. The molecule has 0 saturated carbocycles. The highest BCUT2D eigenvalue weighted by Gasteiger charge is 2.25. The van der Waals surface area contributed by atoms with Gasteiger partial charge in [0.05, 0.1) is 22.4 Å². The molecule has 0 spiro atoms. The van der Waals surface area contributed by atoms with Crippen molar-refractivity contribution in [2.75, 3.05) is 9.80 Å². The predicted octanol–water partition coefficient (Wildman–Crippen LogP) is 15.7. The molecule has 278 valence electrons. The number of benzene rings is 10. The fourth-order valence-electron chi connectivity index (χ4n) is 8.74. The van der Waals surface area contributed by atoms with Gasteiger partial charge in [-0.05, 0) is 118 Å². The summed E-state index contributed by atoms with van der Waals surface area (Å²) < 4.78 is 2.45. The van der Waals surface area contributed by atoms with Crippen molar-refractivity contribution in [3.8, 4) is 16.8 Å². The van der Waals surface area contributed by atoms with Crippen LogP contribution in [0.4, 0.5) is 34.1 Å². The third-order valence-corrected chi connectivity index (χ3v) is 11.5. The minimum atomic E-state index is 1.05. The largest absolute Gasteiger partial charge is 0.310 e. The molecule has 0 aliphatic rings. The van der Waals surface area contributed by atoms with Crippen LogP contribution in [0.25, 0.3) is 60.2 Å². The van der Waals surface area contributed by atoms with Crippen LogP contribution in [0.5, 0.6) is 0 Å². The molecule has 11 rings (SSSR count). The lowest BCUT2D eigenvalue weighted by Gasteiger charge is -2.30. The van der Waals surface area contributed by atoms with E-state index in [2.05, 4.69) is 251 Å². The molecule has 0 bridgehead atoms. The van der Waals surface area contributed by atoms with Gasteiger partial charge in [0.15, 0.2) is 0 Å². The molecule has 0 fully saturated rings. The Hall–Kier alpha value is -7.88. The third-order valence-electron chi connectivity index (χ3n) is 11.5. The van der Waals surface area contributed by atoms with Gasteiger partial charge in [-0.1, -0.05) is 152 Å². The van der Waals surface area contributed by atoms with Crippen molar-refractivity contribution in [3.05, 3.63) is 237 Å². The molecule has 11 aromatic rings. The van der Waals surface area contributed by atoms with E-state index in [9.17, 15) is 0 Å². The lowest BCUT2D eigenvalue weighted by molar-refractivity contribution is 1.18. The van der Waals surface area contributed by atoms with Crippen molar-refractivity contribution >= 4 is 77.5 Å². The molecule has 0 radical (unpaired) electrons. The molecule has 0 N–H and O–H groups in total. The smallest absolute Gasteiger partial charge is 0.0583 e. The summed E-state index contributed by atoms with van der Waals surface area (Å²) in [6.07, 6.45) is 0. The molecule has 3 heteroatoms. The number of nitrogens with zero attached hydrogens (tertiary/aromatic N) is 3. The minimum absolute atomic E-state index is 1.05. The van der Waals surface area contributed by atoms with Gasteiger partial charge in [-0.2, -0.15) is 0 Å². The highest BCUT2D eigenvalue weighted by molar-refractivity contribution is 6.18. The molecule has 0 aliphatic carbocycles. The Kier molecular flexibility index (Phi) is 8.49. The zero-order chi connectivity index (χ0) is 39.1. The predicted molar refractivity (Wildman–Crippen MR) is 251 cm³/mol. The van der Waals surface area contributed by atoms with Gasteiger partial charge in [0.2, 0.25) is 0 Å². The van der Waals surface area contributed by atoms with Gasteiger partial charge in [0, 0.05) is 39.2 Å². The molecule has 0 aliphatic heterocycles. The average molecular weight is 754 g/mol. The summed E-state index contributed by atoms with van der Waals surface area (Å²) in [7, 11) is 0. The van der Waals surface area contributed by atoms with E-state index in [1.54, 1.807) is 0 Å². The normalized spacial score (nSPS) is 11.4. The molecular weight excluding hydrogens is 715 g/mol. The summed E-state index contributed by atoms with van der Waals surface area (Å²) in [5.74, 6) is 0. The maximum Gasteiger partial charge on any atom is 0.0583 e. The summed E-state index contributed by atoms with van der Waals surface area (Å²) in [5.41, 5.74) is 12.3. The Morgan fingerprint density at radius 2 is 0.780 bits per heavy atom. The van der Waals surface area contributed by atoms with Gasteiger partial charge in [-0.25, -0.2) is 0 Å². The molecule has 1 aromatic heterocycles. The number of hydrogen-bond acceptors (Lipinski definition) is 2. The van der Waals surface area contributed by atoms with Gasteiger partial charge < -0.3 is 14.4 Å². The zero-order valence-corrected chi connectivity index (χ0v) is 32.4. The zero-order valence-electron chi connectivity index (χ0n) is 32.4. The minimum Gasteiger partial charge on any atom is -0.310 e. The van der Waals surface area contributed by atoms with Gasteiger partial charge in [-0.3, -0.25) is 0 Å². The standard InChI is InChI=1S/C56H39N3/c1-4-20-46(21-5-1)57(49-33-30-42(31-34-49)45-29-28-40-16-10-12-18-43(40)36-45)51-38-54(58(47-22-6-2-7-23-47)48-24-8-3-9-25-48)56-52-26-14-15-27-53(52)59(55(56)39-51)50-35-32-41-17-11-13-19-44(41)37-50/h1-39H. The SMILES string of the molecule is c1ccc(N(c2ccc(-c3ccc4ccccc4c3)cc2)c2cc(N(c3ccccc3)c3ccccc3)c3c4ccccc4n(-c4ccc5ccccc5c4)c3c2)cc1. The van der Waals surface area contributed by atoms with E-state index in [-0.39, 0.29) is 0 Å². The van der Waals surface area contributed by atoms with E-state index in [1.807, 2.05) is 0 Å². The van der Waals surface area contributed by atoms with Crippen molar-refractivity contribution in [3.63, 3.8) is 0 Å². The molecule has 0 amide bonds. The summed E-state index contributed by atoms with van der Waals surface area (Å²) >= 11 is 0. The van der Waals surface area contributed by atoms with Gasteiger partial charge in [0.1, 0.15) is 0 Å². The first-order valence-electron chi connectivity index (χ1n) is 20.2. The third kappa shape index (κ3) is 6.17. The van der Waals surface area contributed by atoms with E-state index in [0.717, 1.165) is 50.8 Å². The van der Waals surface area contributed by atoms with Crippen LogP contribution in [-0.2, 0) is 0 Å². The van der Waals surface area contributed by atoms with Crippen molar-refractivity contribution in [1.29, 1.82) is 0 Å². The summed E-state index contributed by atoms with van der Waals surface area (Å²) in [6.45, 7) is 0. The molecule has 0 atom stereocenters. The Morgan fingerprint density at radius 3 is 1.42 bits per heavy atom. The van der Waals surface area contributed by atoms with E-state index >= 15 is 0 Å². The number of fused-ring (bicyclic) bond motifs is 5. The lowest BCUT2D eigenvalue weighted by Crippen LogP contribution is -2.14. The molecular formula is C56H39N3. The fraction of sp³-hybridized carbons (Fsp3) is 0. The Labute approximate surface area is 343 Å². The van der Waals surface area contributed by atoms with Crippen LogP contribution >= 0.6 is 0 Å². The number of para-hydroxylation sites is 4. The van der Waals surface area contributed by atoms with Crippen molar-refractivity contribution in [2.24, 2.45) is 0 Å². The van der Waals surface area contributed by atoms with E-state index in [4.69, 9.17) is 0 Å². The molecule has 10 aromatic carbocycles. The van der Waals surface area contributed by atoms with Crippen LogP contribution in [0.15, 0.2) is 237 Å². The summed E-state index contributed by atoms with van der Waals surface area (Å²) in [6, 6.07) is 85.5. The van der Waals surface area contributed by atoms with E-state index < -0.39 is 0 Å². The second-order valence-electron chi connectivity index (χ2n) is 15.0. The van der Waals surface area contributed by atoms with Crippen LogP contribution in [0.3, 0.4) is 0 Å². The second-order valence-corrected chi connectivity index (χ2v) is 15.0. The Bertz CT molecular complexity index is 3220. The van der Waals surface area contributed by atoms with E-state index in [1.165, 1.54) is 43.4 Å². The molecule has 0 unspecified atom stereocenters. The lowest BCUT2D eigenvalue weighted by atomic mass is 10.0. The molecule has 3 nitrogen and oxygen atoms in total. The maximum atomic E-state index is 2.45. The van der Waals surface area contributed by atoms with Crippen LogP contribution in [0, 0.1) is 0 Å². The van der Waals surface area contributed by atoms with Crippen LogP contribution < -0.4 is 9.80 Å². The number of rotatable bonds is 8. The number of hydrogen-bond donors (Lipinski definition) is 0. The van der Waals surface area contributed by atoms with Crippen LogP contribution in [-0.4, -0.2) is 4.57 Å². The van der Waals surface area contributed by atoms with E-state index in [0.29, 0.717) is 0 Å². The average Bonchev–Trinajstić information content (AvgIpc) is 3.64. The van der Waals surface area contributed by atoms with Crippen molar-refractivity contribution < 1.29 is 0 Å². The summed E-state index contributed by atoms with van der Waals surface area (Å²) in [5, 5.41) is 7.30. The van der Waals surface area contributed by atoms with Gasteiger partial charge in [-0.15, -0.1) is 0 Å².